The van der Waals surface area contributed by atoms with Gasteiger partial charge in [-0.15, -0.1) is 0 Å². The predicted molar refractivity (Wildman–Crippen MR) is 73.3 cm³/mol. The molecule has 2 aliphatic rings. The van der Waals surface area contributed by atoms with Crippen LogP contribution in [0.15, 0.2) is 16.6 Å². The fourth-order valence-electron chi connectivity index (χ4n) is 2.48. The van der Waals surface area contributed by atoms with E-state index in [4.69, 9.17) is 15.2 Å². The minimum Gasteiger partial charge on any atom is -0.454 e. The van der Waals surface area contributed by atoms with Gasteiger partial charge in [-0.05, 0) is 46.9 Å². The zero-order valence-electron chi connectivity index (χ0n) is 10.4. The molecule has 1 fully saturated rings. The Hall–Kier alpha value is -1.27. The van der Waals surface area contributed by atoms with Crippen LogP contribution < -0.4 is 15.2 Å². The van der Waals surface area contributed by atoms with E-state index in [1.54, 1.807) is 12.1 Å². The molecule has 102 valence electrons. The number of ether oxygens (including phenoxy) is 2. The Morgan fingerprint density at radius 2 is 2.32 bits per heavy atom. The number of likely N-dealkylation sites (tertiary alicyclic amines) is 1. The van der Waals surface area contributed by atoms with Crippen molar-refractivity contribution >= 4 is 21.8 Å². The van der Waals surface area contributed by atoms with Crippen LogP contribution in [0.4, 0.5) is 0 Å². The molecule has 0 spiro atoms. The summed E-state index contributed by atoms with van der Waals surface area (Å²) in [6.07, 6.45) is 0.980. The van der Waals surface area contributed by atoms with Crippen molar-refractivity contribution in [2.75, 3.05) is 26.4 Å². The SMILES string of the molecule is NC[C@H]1CCN(C(=O)c2cc(Br)c3c(c2)OCO3)C1. The molecule has 2 heterocycles. The third kappa shape index (κ3) is 2.30. The average Bonchev–Trinajstić information content (AvgIpc) is 3.06. The highest BCUT2D eigenvalue weighted by Gasteiger charge is 2.28. The highest BCUT2D eigenvalue weighted by molar-refractivity contribution is 9.10. The van der Waals surface area contributed by atoms with Crippen LogP contribution in [0.5, 0.6) is 11.5 Å². The summed E-state index contributed by atoms with van der Waals surface area (Å²) in [4.78, 5) is 14.3. The molecule has 6 heteroatoms. The molecule has 2 aliphatic heterocycles. The molecular formula is C13H15BrN2O3. The summed E-state index contributed by atoms with van der Waals surface area (Å²) in [5.74, 6) is 1.72. The Labute approximate surface area is 119 Å². The second kappa shape index (κ2) is 5.02. The van der Waals surface area contributed by atoms with Gasteiger partial charge in [0.1, 0.15) is 0 Å². The van der Waals surface area contributed by atoms with Crippen LogP contribution in [0.3, 0.4) is 0 Å². The van der Waals surface area contributed by atoms with Gasteiger partial charge < -0.3 is 20.1 Å². The van der Waals surface area contributed by atoms with E-state index >= 15 is 0 Å². The first-order valence-electron chi connectivity index (χ1n) is 6.27. The number of hydrogen-bond acceptors (Lipinski definition) is 4. The van der Waals surface area contributed by atoms with Crippen LogP contribution in [-0.2, 0) is 0 Å². The van der Waals surface area contributed by atoms with Gasteiger partial charge >= 0.3 is 0 Å². The third-order valence-electron chi connectivity index (χ3n) is 3.58. The summed E-state index contributed by atoms with van der Waals surface area (Å²) in [6.45, 7) is 2.34. The second-order valence-electron chi connectivity index (χ2n) is 4.83. The highest BCUT2D eigenvalue weighted by atomic mass is 79.9. The van der Waals surface area contributed by atoms with Gasteiger partial charge in [0, 0.05) is 18.7 Å². The zero-order chi connectivity index (χ0) is 13.4. The van der Waals surface area contributed by atoms with Gasteiger partial charge in [0.05, 0.1) is 4.47 Å². The number of hydrogen-bond donors (Lipinski definition) is 1. The lowest BCUT2D eigenvalue weighted by atomic mass is 10.1. The minimum atomic E-state index is 0.0231. The van der Waals surface area contributed by atoms with E-state index in [1.165, 1.54) is 0 Å². The van der Waals surface area contributed by atoms with Gasteiger partial charge in [-0.2, -0.15) is 0 Å². The topological polar surface area (TPSA) is 64.8 Å². The largest absolute Gasteiger partial charge is 0.454 e. The van der Waals surface area contributed by atoms with E-state index < -0.39 is 0 Å². The van der Waals surface area contributed by atoms with Gasteiger partial charge in [-0.25, -0.2) is 0 Å². The Morgan fingerprint density at radius 3 is 3.05 bits per heavy atom. The molecule has 1 saturated heterocycles. The van der Waals surface area contributed by atoms with Crippen LogP contribution in [0.25, 0.3) is 0 Å². The maximum atomic E-state index is 12.4. The van der Waals surface area contributed by atoms with Crippen molar-refractivity contribution in [3.63, 3.8) is 0 Å². The number of amides is 1. The predicted octanol–water partition coefficient (Wildman–Crippen LogP) is 1.60. The van der Waals surface area contributed by atoms with Gasteiger partial charge in [0.25, 0.3) is 5.91 Å². The molecule has 1 atom stereocenters. The van der Waals surface area contributed by atoms with Gasteiger partial charge in [-0.3, -0.25) is 4.79 Å². The molecule has 19 heavy (non-hydrogen) atoms. The fourth-order valence-corrected chi connectivity index (χ4v) is 3.04. The summed E-state index contributed by atoms with van der Waals surface area (Å²) in [5.41, 5.74) is 6.27. The first-order valence-corrected chi connectivity index (χ1v) is 7.07. The smallest absolute Gasteiger partial charge is 0.254 e. The Bertz CT molecular complexity index is 521. The van der Waals surface area contributed by atoms with Crippen LogP contribution in [0.1, 0.15) is 16.8 Å². The van der Waals surface area contributed by atoms with Crippen LogP contribution in [-0.4, -0.2) is 37.2 Å². The molecule has 0 unspecified atom stereocenters. The number of carbonyl (C=O) groups is 1. The summed E-state index contributed by atoms with van der Waals surface area (Å²) in [6, 6.07) is 3.52. The van der Waals surface area contributed by atoms with Crippen LogP contribution >= 0.6 is 15.9 Å². The first kappa shape index (κ1) is 12.7. The van der Waals surface area contributed by atoms with E-state index in [1.807, 2.05) is 4.90 Å². The van der Waals surface area contributed by atoms with E-state index in [9.17, 15) is 4.79 Å². The van der Waals surface area contributed by atoms with Gasteiger partial charge in [-0.1, -0.05) is 0 Å². The Kier molecular flexibility index (Phi) is 3.36. The molecule has 1 aromatic rings. The molecule has 3 rings (SSSR count). The number of nitrogens with zero attached hydrogens (tertiary/aromatic N) is 1. The minimum absolute atomic E-state index is 0.0231. The Balaban J connectivity index is 1.83. The summed E-state index contributed by atoms with van der Waals surface area (Å²) in [7, 11) is 0. The molecule has 1 aromatic carbocycles. The monoisotopic (exact) mass is 326 g/mol. The lowest BCUT2D eigenvalue weighted by Gasteiger charge is -2.16. The van der Waals surface area contributed by atoms with Crippen molar-refractivity contribution < 1.29 is 14.3 Å². The second-order valence-corrected chi connectivity index (χ2v) is 5.69. The molecule has 2 N–H and O–H groups in total. The number of halogens is 1. The molecule has 0 aliphatic carbocycles. The third-order valence-corrected chi connectivity index (χ3v) is 4.17. The lowest BCUT2D eigenvalue weighted by Crippen LogP contribution is -2.29. The van der Waals surface area contributed by atoms with Crippen molar-refractivity contribution in [2.24, 2.45) is 11.7 Å². The number of nitrogens with two attached hydrogens (primary N) is 1. The molecule has 0 saturated carbocycles. The molecule has 0 radical (unpaired) electrons. The van der Waals surface area contributed by atoms with E-state index in [0.717, 1.165) is 24.0 Å². The number of rotatable bonds is 2. The summed E-state index contributed by atoms with van der Waals surface area (Å²) < 4.78 is 11.4. The molecule has 0 aromatic heterocycles. The van der Waals surface area contributed by atoms with Crippen molar-refractivity contribution in [3.8, 4) is 11.5 Å². The normalized spacial score (nSPS) is 20.9. The molecule has 1 amide bonds. The highest BCUT2D eigenvalue weighted by Crippen LogP contribution is 2.40. The van der Waals surface area contributed by atoms with E-state index in [2.05, 4.69) is 15.9 Å². The summed E-state index contributed by atoms with van der Waals surface area (Å²) in [5, 5.41) is 0. The maximum absolute atomic E-state index is 12.4. The van der Waals surface area contributed by atoms with Crippen LogP contribution in [0, 0.1) is 5.92 Å². The number of fused-ring (bicyclic) bond motifs is 1. The van der Waals surface area contributed by atoms with Crippen molar-refractivity contribution in [2.45, 2.75) is 6.42 Å². The standard InChI is InChI=1S/C13H15BrN2O3/c14-10-3-9(4-11-12(10)19-7-18-11)13(17)16-2-1-8(5-15)6-16/h3-4,8H,1-2,5-7,15H2/t8-/m1/s1. The van der Waals surface area contributed by atoms with E-state index in [0.29, 0.717) is 29.5 Å². The Morgan fingerprint density at radius 1 is 1.47 bits per heavy atom. The number of carbonyl (C=O) groups excluding carboxylic acids is 1. The summed E-state index contributed by atoms with van der Waals surface area (Å²) >= 11 is 3.40. The van der Waals surface area contributed by atoms with Gasteiger partial charge in [0.15, 0.2) is 11.5 Å². The maximum Gasteiger partial charge on any atom is 0.254 e. The van der Waals surface area contributed by atoms with Gasteiger partial charge in [0.2, 0.25) is 6.79 Å². The quantitative estimate of drug-likeness (QED) is 0.896. The molecule has 0 bridgehead atoms. The average molecular weight is 327 g/mol. The fraction of sp³-hybridized carbons (Fsp3) is 0.462. The van der Waals surface area contributed by atoms with Crippen molar-refractivity contribution in [1.29, 1.82) is 0 Å². The molecular weight excluding hydrogens is 312 g/mol. The van der Waals surface area contributed by atoms with Crippen molar-refractivity contribution in [1.82, 2.24) is 4.90 Å². The van der Waals surface area contributed by atoms with Crippen molar-refractivity contribution in [3.05, 3.63) is 22.2 Å². The van der Waals surface area contributed by atoms with Crippen LogP contribution in [0.2, 0.25) is 0 Å². The molecule has 5 nitrogen and oxygen atoms in total. The zero-order valence-corrected chi connectivity index (χ0v) is 12.0. The van der Waals surface area contributed by atoms with E-state index in [-0.39, 0.29) is 12.7 Å². The number of benzene rings is 1. The first-order chi connectivity index (χ1) is 9.19. The lowest BCUT2D eigenvalue weighted by molar-refractivity contribution is 0.0787.